The number of Topliss-reactive ketones (excluding diaryl/α,β-unsaturated/α-hetero) is 1. The first-order valence-electron chi connectivity index (χ1n) is 4.63. The topological polar surface area (TPSA) is 46.2 Å². The first-order chi connectivity index (χ1) is 7.09. The number of rotatable bonds is 4. The van der Waals surface area contributed by atoms with Crippen LogP contribution in [0, 0.1) is 5.82 Å². The number of ketones is 1. The highest BCUT2D eigenvalue weighted by molar-refractivity contribution is 5.93. The molecule has 80 valence electrons. The molecule has 0 unspecified atom stereocenters. The molecule has 1 rings (SSSR count). The van der Waals surface area contributed by atoms with E-state index in [1.54, 1.807) is 12.1 Å². The van der Waals surface area contributed by atoms with Gasteiger partial charge in [-0.15, -0.1) is 0 Å². The summed E-state index contributed by atoms with van der Waals surface area (Å²) in [6.07, 6.45) is 0.268. The second kappa shape index (κ2) is 5.24. The second-order valence-corrected chi connectivity index (χ2v) is 3.23. The summed E-state index contributed by atoms with van der Waals surface area (Å²) in [5.41, 5.74) is 0.144. The molecule has 1 N–H and O–H groups in total. The van der Waals surface area contributed by atoms with Gasteiger partial charge in [0.1, 0.15) is 11.6 Å². The van der Waals surface area contributed by atoms with Crippen molar-refractivity contribution in [2.45, 2.75) is 19.8 Å². The molecule has 0 aliphatic heterocycles. The summed E-state index contributed by atoms with van der Waals surface area (Å²) >= 11 is 0. The predicted octanol–water partition coefficient (Wildman–Crippen LogP) is 2.13. The number of carbonyl (C=O) groups excluding carboxylic acids is 2. The lowest BCUT2D eigenvalue weighted by Crippen LogP contribution is -2.13. The Morgan fingerprint density at radius 1 is 1.27 bits per heavy atom. The largest absolute Gasteiger partial charge is 0.324 e. The molecule has 0 atom stereocenters. The molecule has 15 heavy (non-hydrogen) atoms. The normalized spacial score (nSPS) is 9.73. The number of hydrogen-bond acceptors (Lipinski definition) is 2. The molecular formula is C11H12FNO2. The zero-order chi connectivity index (χ0) is 11.3. The molecule has 0 radical (unpaired) electrons. The minimum absolute atomic E-state index is 0.0568. The molecule has 0 saturated heterocycles. The van der Waals surface area contributed by atoms with Crippen LogP contribution in [0.4, 0.5) is 10.1 Å². The number of anilines is 1. The van der Waals surface area contributed by atoms with Crippen LogP contribution in [0.15, 0.2) is 24.3 Å². The van der Waals surface area contributed by atoms with Crippen LogP contribution in [0.1, 0.15) is 19.8 Å². The van der Waals surface area contributed by atoms with Gasteiger partial charge in [-0.2, -0.15) is 0 Å². The van der Waals surface area contributed by atoms with E-state index < -0.39 is 5.82 Å². The van der Waals surface area contributed by atoms with Crippen molar-refractivity contribution in [1.29, 1.82) is 0 Å². The van der Waals surface area contributed by atoms with Crippen molar-refractivity contribution in [2.75, 3.05) is 5.32 Å². The summed E-state index contributed by atoms with van der Waals surface area (Å²) < 4.78 is 13.1. The zero-order valence-electron chi connectivity index (χ0n) is 8.42. The third-order valence-electron chi connectivity index (χ3n) is 1.85. The number of benzene rings is 1. The van der Waals surface area contributed by atoms with Gasteiger partial charge in [0, 0.05) is 12.8 Å². The fraction of sp³-hybridized carbons (Fsp3) is 0.273. The Morgan fingerprint density at radius 3 is 2.53 bits per heavy atom. The lowest BCUT2D eigenvalue weighted by atomic mass is 10.2. The van der Waals surface area contributed by atoms with Crippen LogP contribution in [0.25, 0.3) is 0 Å². The Balaban J connectivity index is 2.52. The van der Waals surface area contributed by atoms with Gasteiger partial charge in [-0.05, 0) is 19.1 Å². The van der Waals surface area contributed by atoms with Crippen LogP contribution < -0.4 is 5.32 Å². The van der Waals surface area contributed by atoms with Gasteiger partial charge in [0.2, 0.25) is 5.91 Å². The van der Waals surface area contributed by atoms with E-state index in [0.717, 1.165) is 0 Å². The molecule has 1 aromatic carbocycles. The Morgan fingerprint density at radius 2 is 1.93 bits per heavy atom. The highest BCUT2D eigenvalue weighted by atomic mass is 19.1. The van der Waals surface area contributed by atoms with Gasteiger partial charge in [0.05, 0.1) is 5.69 Å². The summed E-state index contributed by atoms with van der Waals surface area (Å²) in [6, 6.07) is 5.91. The van der Waals surface area contributed by atoms with E-state index in [9.17, 15) is 14.0 Å². The van der Waals surface area contributed by atoms with Gasteiger partial charge >= 0.3 is 0 Å². The Hall–Kier alpha value is -1.71. The highest BCUT2D eigenvalue weighted by Crippen LogP contribution is 2.12. The lowest BCUT2D eigenvalue weighted by molar-refractivity contribution is -0.121. The maximum absolute atomic E-state index is 13.1. The van der Waals surface area contributed by atoms with E-state index in [1.807, 2.05) is 0 Å². The minimum Gasteiger partial charge on any atom is -0.324 e. The van der Waals surface area contributed by atoms with E-state index >= 15 is 0 Å². The van der Waals surface area contributed by atoms with Crippen molar-refractivity contribution in [3.8, 4) is 0 Å². The average Bonchev–Trinajstić information content (AvgIpc) is 2.18. The summed E-state index contributed by atoms with van der Waals surface area (Å²) in [6.45, 7) is 1.41. The second-order valence-electron chi connectivity index (χ2n) is 3.23. The van der Waals surface area contributed by atoms with Crippen LogP contribution in [0.5, 0.6) is 0 Å². The van der Waals surface area contributed by atoms with Gasteiger partial charge in [-0.25, -0.2) is 4.39 Å². The summed E-state index contributed by atoms with van der Waals surface area (Å²) in [5, 5.41) is 2.40. The van der Waals surface area contributed by atoms with Gasteiger partial charge < -0.3 is 10.1 Å². The molecular weight excluding hydrogens is 197 g/mol. The first kappa shape index (κ1) is 11.4. The molecule has 1 aromatic rings. The molecule has 0 saturated carbocycles. The first-order valence-corrected chi connectivity index (χ1v) is 4.63. The molecule has 0 bridgehead atoms. The Kier molecular flexibility index (Phi) is 3.97. The SMILES string of the molecule is CC(=O)CCC(=O)Nc1ccccc1F. The molecule has 0 aliphatic rings. The van der Waals surface area contributed by atoms with Crippen LogP contribution in [0.3, 0.4) is 0 Å². The van der Waals surface area contributed by atoms with Crippen LogP contribution in [-0.2, 0) is 9.59 Å². The number of halogens is 1. The lowest BCUT2D eigenvalue weighted by Gasteiger charge is -2.04. The van der Waals surface area contributed by atoms with E-state index in [-0.39, 0.29) is 30.2 Å². The van der Waals surface area contributed by atoms with Crippen molar-refractivity contribution < 1.29 is 14.0 Å². The monoisotopic (exact) mass is 209 g/mol. The van der Waals surface area contributed by atoms with Crippen LogP contribution in [0.2, 0.25) is 0 Å². The quantitative estimate of drug-likeness (QED) is 0.825. The Bertz CT molecular complexity index is 377. The molecule has 0 fully saturated rings. The molecule has 4 heteroatoms. The molecule has 0 aromatic heterocycles. The van der Waals surface area contributed by atoms with Crippen molar-refractivity contribution >= 4 is 17.4 Å². The maximum atomic E-state index is 13.1. The number of hydrogen-bond donors (Lipinski definition) is 1. The van der Waals surface area contributed by atoms with Crippen molar-refractivity contribution in [3.05, 3.63) is 30.1 Å². The van der Waals surface area contributed by atoms with Crippen LogP contribution in [-0.4, -0.2) is 11.7 Å². The van der Waals surface area contributed by atoms with E-state index in [2.05, 4.69) is 5.32 Å². The Labute approximate surface area is 87.3 Å². The van der Waals surface area contributed by atoms with E-state index in [4.69, 9.17) is 0 Å². The number of nitrogens with one attached hydrogen (secondary N) is 1. The van der Waals surface area contributed by atoms with E-state index in [1.165, 1.54) is 19.1 Å². The summed E-state index contributed by atoms with van der Waals surface area (Å²) in [5.74, 6) is -0.886. The number of amides is 1. The smallest absolute Gasteiger partial charge is 0.224 e. The summed E-state index contributed by atoms with van der Waals surface area (Å²) in [7, 11) is 0. The highest BCUT2D eigenvalue weighted by Gasteiger charge is 2.06. The fourth-order valence-corrected chi connectivity index (χ4v) is 1.06. The predicted molar refractivity (Wildman–Crippen MR) is 54.9 cm³/mol. The van der Waals surface area contributed by atoms with Gasteiger partial charge in [-0.1, -0.05) is 12.1 Å². The average molecular weight is 209 g/mol. The van der Waals surface area contributed by atoms with Gasteiger partial charge in [0.25, 0.3) is 0 Å². The maximum Gasteiger partial charge on any atom is 0.224 e. The number of carbonyl (C=O) groups is 2. The van der Waals surface area contributed by atoms with Gasteiger partial charge in [0.15, 0.2) is 0 Å². The van der Waals surface area contributed by atoms with Gasteiger partial charge in [-0.3, -0.25) is 4.79 Å². The standard InChI is InChI=1S/C11H12FNO2/c1-8(14)6-7-11(15)13-10-5-3-2-4-9(10)12/h2-5H,6-7H2,1H3,(H,13,15). The minimum atomic E-state index is -0.478. The zero-order valence-corrected chi connectivity index (χ0v) is 8.42. The molecule has 0 aliphatic carbocycles. The molecule has 0 spiro atoms. The van der Waals surface area contributed by atoms with E-state index in [0.29, 0.717) is 0 Å². The third kappa shape index (κ3) is 3.89. The van der Waals surface area contributed by atoms with Crippen molar-refractivity contribution in [2.24, 2.45) is 0 Å². The summed E-state index contributed by atoms with van der Waals surface area (Å²) in [4.78, 5) is 21.9. The fourth-order valence-electron chi connectivity index (χ4n) is 1.06. The van der Waals surface area contributed by atoms with Crippen molar-refractivity contribution in [1.82, 2.24) is 0 Å². The third-order valence-corrected chi connectivity index (χ3v) is 1.85. The number of para-hydroxylation sites is 1. The molecule has 3 nitrogen and oxygen atoms in total. The molecule has 1 amide bonds. The van der Waals surface area contributed by atoms with Crippen molar-refractivity contribution in [3.63, 3.8) is 0 Å². The molecule has 0 heterocycles. The van der Waals surface area contributed by atoms with Crippen LogP contribution >= 0.6 is 0 Å².